The quantitative estimate of drug-likeness (QED) is 0.817. The SMILES string of the molecule is Cc1cnc(N2CCO[C@H](C)C2)nc1N1CCO[C@H](C)C1. The van der Waals surface area contributed by atoms with Gasteiger partial charge in [-0.2, -0.15) is 4.98 Å². The van der Waals surface area contributed by atoms with Crippen LogP contribution in [0.15, 0.2) is 6.20 Å². The topological polar surface area (TPSA) is 50.7 Å². The number of nitrogens with zero attached hydrogens (tertiary/aromatic N) is 4. The van der Waals surface area contributed by atoms with Crippen LogP contribution in [0.2, 0.25) is 0 Å². The molecule has 0 amide bonds. The molecule has 0 unspecified atom stereocenters. The van der Waals surface area contributed by atoms with Crippen LogP contribution in [0, 0.1) is 6.92 Å². The van der Waals surface area contributed by atoms with Crippen LogP contribution in [0.4, 0.5) is 11.8 Å². The van der Waals surface area contributed by atoms with Crippen molar-refractivity contribution < 1.29 is 9.47 Å². The molecule has 2 fully saturated rings. The Balaban J connectivity index is 1.82. The van der Waals surface area contributed by atoms with Gasteiger partial charge in [0.25, 0.3) is 0 Å². The molecule has 1 aromatic rings. The van der Waals surface area contributed by atoms with Crippen molar-refractivity contribution in [2.45, 2.75) is 33.0 Å². The summed E-state index contributed by atoms with van der Waals surface area (Å²) in [4.78, 5) is 13.8. The van der Waals surface area contributed by atoms with E-state index in [-0.39, 0.29) is 12.2 Å². The van der Waals surface area contributed by atoms with Crippen LogP contribution in [-0.2, 0) is 9.47 Å². The second-order valence-electron chi connectivity index (χ2n) is 5.93. The Morgan fingerprint density at radius 1 is 1.05 bits per heavy atom. The molecule has 0 radical (unpaired) electrons. The highest BCUT2D eigenvalue weighted by Crippen LogP contribution is 2.23. The molecule has 6 nitrogen and oxygen atoms in total. The third kappa shape index (κ3) is 3.27. The van der Waals surface area contributed by atoms with E-state index in [1.165, 1.54) is 0 Å². The number of aryl methyl sites for hydroxylation is 1. The van der Waals surface area contributed by atoms with E-state index in [2.05, 4.69) is 35.6 Å². The zero-order chi connectivity index (χ0) is 14.8. The van der Waals surface area contributed by atoms with Gasteiger partial charge in [-0.25, -0.2) is 4.98 Å². The summed E-state index contributed by atoms with van der Waals surface area (Å²) in [5.41, 5.74) is 1.12. The summed E-state index contributed by atoms with van der Waals surface area (Å²) in [6.07, 6.45) is 2.41. The van der Waals surface area contributed by atoms with Gasteiger partial charge in [0.1, 0.15) is 5.82 Å². The first-order valence-corrected chi connectivity index (χ1v) is 7.70. The molecule has 0 aromatic carbocycles. The Hall–Kier alpha value is -1.40. The third-order valence-electron chi connectivity index (χ3n) is 4.00. The summed E-state index contributed by atoms with van der Waals surface area (Å²) in [6.45, 7) is 11.2. The van der Waals surface area contributed by atoms with E-state index in [1.807, 2.05) is 6.20 Å². The second-order valence-corrected chi connectivity index (χ2v) is 5.93. The number of aromatic nitrogens is 2. The van der Waals surface area contributed by atoms with E-state index in [0.717, 1.165) is 56.7 Å². The molecule has 0 saturated carbocycles. The summed E-state index contributed by atoms with van der Waals surface area (Å²) in [5.74, 6) is 1.85. The Morgan fingerprint density at radius 3 is 2.33 bits per heavy atom. The molecule has 3 rings (SSSR count). The van der Waals surface area contributed by atoms with Gasteiger partial charge in [0.05, 0.1) is 25.4 Å². The number of anilines is 2. The highest BCUT2D eigenvalue weighted by molar-refractivity contribution is 5.50. The van der Waals surface area contributed by atoms with Crippen molar-refractivity contribution in [2.24, 2.45) is 0 Å². The first-order valence-electron chi connectivity index (χ1n) is 7.70. The molecule has 1 aromatic heterocycles. The lowest BCUT2D eigenvalue weighted by molar-refractivity contribution is 0.0521. The van der Waals surface area contributed by atoms with Crippen LogP contribution >= 0.6 is 0 Å². The lowest BCUT2D eigenvalue weighted by atomic mass is 10.2. The third-order valence-corrected chi connectivity index (χ3v) is 4.00. The van der Waals surface area contributed by atoms with E-state index >= 15 is 0 Å². The summed E-state index contributed by atoms with van der Waals surface area (Å²) in [5, 5.41) is 0. The van der Waals surface area contributed by atoms with Crippen LogP contribution in [0.3, 0.4) is 0 Å². The van der Waals surface area contributed by atoms with Gasteiger partial charge in [0, 0.05) is 37.9 Å². The first-order chi connectivity index (χ1) is 10.1. The zero-order valence-electron chi connectivity index (χ0n) is 13.1. The van der Waals surface area contributed by atoms with E-state index in [9.17, 15) is 0 Å². The lowest BCUT2D eigenvalue weighted by Gasteiger charge is -2.34. The number of hydrogen-bond donors (Lipinski definition) is 0. The first kappa shape index (κ1) is 14.5. The van der Waals surface area contributed by atoms with Crippen molar-refractivity contribution in [3.63, 3.8) is 0 Å². The van der Waals surface area contributed by atoms with Crippen molar-refractivity contribution in [3.05, 3.63) is 11.8 Å². The fraction of sp³-hybridized carbons (Fsp3) is 0.733. The van der Waals surface area contributed by atoms with Crippen LogP contribution in [0.1, 0.15) is 19.4 Å². The van der Waals surface area contributed by atoms with Gasteiger partial charge in [-0.3, -0.25) is 0 Å². The van der Waals surface area contributed by atoms with Crippen molar-refractivity contribution >= 4 is 11.8 Å². The molecule has 0 aliphatic carbocycles. The molecule has 6 heteroatoms. The maximum absolute atomic E-state index is 5.62. The molecule has 2 aliphatic heterocycles. The molecule has 0 spiro atoms. The monoisotopic (exact) mass is 292 g/mol. The lowest BCUT2D eigenvalue weighted by Crippen LogP contribution is -2.43. The number of ether oxygens (including phenoxy) is 2. The predicted molar refractivity (Wildman–Crippen MR) is 82.0 cm³/mol. The molecule has 3 heterocycles. The van der Waals surface area contributed by atoms with Gasteiger partial charge in [-0.05, 0) is 20.8 Å². The molecule has 0 bridgehead atoms. The average Bonchev–Trinajstić information content (AvgIpc) is 2.47. The number of morpholine rings is 2. The van der Waals surface area contributed by atoms with E-state index in [1.54, 1.807) is 0 Å². The minimum Gasteiger partial charge on any atom is -0.375 e. The van der Waals surface area contributed by atoms with Gasteiger partial charge in [-0.15, -0.1) is 0 Å². The van der Waals surface area contributed by atoms with E-state index in [4.69, 9.17) is 14.5 Å². The molecular weight excluding hydrogens is 268 g/mol. The maximum Gasteiger partial charge on any atom is 0.227 e. The Kier molecular flexibility index (Phi) is 4.26. The van der Waals surface area contributed by atoms with Gasteiger partial charge in [0.2, 0.25) is 5.95 Å². The molecule has 21 heavy (non-hydrogen) atoms. The normalized spacial score (nSPS) is 27.0. The fourth-order valence-corrected chi connectivity index (χ4v) is 2.91. The van der Waals surface area contributed by atoms with Crippen molar-refractivity contribution in [3.8, 4) is 0 Å². The standard InChI is InChI=1S/C15H24N4O2/c1-11-8-16-15(19-5-7-21-13(3)10-19)17-14(11)18-4-6-20-12(2)9-18/h8,12-13H,4-7,9-10H2,1-3H3/t12-,13-/m1/s1. The molecular formula is C15H24N4O2. The fourth-order valence-electron chi connectivity index (χ4n) is 2.91. The minimum absolute atomic E-state index is 0.232. The van der Waals surface area contributed by atoms with E-state index in [0.29, 0.717) is 0 Å². The molecule has 116 valence electrons. The van der Waals surface area contributed by atoms with Gasteiger partial charge < -0.3 is 19.3 Å². The highest BCUT2D eigenvalue weighted by Gasteiger charge is 2.23. The molecule has 2 saturated heterocycles. The van der Waals surface area contributed by atoms with Crippen LogP contribution in [-0.4, -0.2) is 61.6 Å². The molecule has 2 aliphatic rings. The average molecular weight is 292 g/mol. The van der Waals surface area contributed by atoms with Crippen LogP contribution < -0.4 is 9.80 Å². The highest BCUT2D eigenvalue weighted by atomic mass is 16.5. The Labute approximate surface area is 126 Å². The molecule has 2 atom stereocenters. The van der Waals surface area contributed by atoms with Crippen LogP contribution in [0.5, 0.6) is 0 Å². The Morgan fingerprint density at radius 2 is 1.67 bits per heavy atom. The maximum atomic E-state index is 5.62. The predicted octanol–water partition coefficient (Wildman–Crippen LogP) is 1.24. The van der Waals surface area contributed by atoms with Crippen molar-refractivity contribution in [2.75, 3.05) is 49.2 Å². The smallest absolute Gasteiger partial charge is 0.227 e. The Bertz CT molecular complexity index is 497. The van der Waals surface area contributed by atoms with Crippen molar-refractivity contribution in [1.82, 2.24) is 9.97 Å². The van der Waals surface area contributed by atoms with Crippen molar-refractivity contribution in [1.29, 1.82) is 0 Å². The second kappa shape index (κ2) is 6.15. The minimum atomic E-state index is 0.232. The number of rotatable bonds is 2. The zero-order valence-corrected chi connectivity index (χ0v) is 13.1. The largest absolute Gasteiger partial charge is 0.375 e. The molecule has 0 N–H and O–H groups in total. The summed E-state index contributed by atoms with van der Waals surface area (Å²) in [7, 11) is 0. The summed E-state index contributed by atoms with van der Waals surface area (Å²) in [6, 6.07) is 0. The summed E-state index contributed by atoms with van der Waals surface area (Å²) >= 11 is 0. The van der Waals surface area contributed by atoms with Gasteiger partial charge in [0.15, 0.2) is 0 Å². The van der Waals surface area contributed by atoms with Gasteiger partial charge >= 0.3 is 0 Å². The van der Waals surface area contributed by atoms with E-state index < -0.39 is 0 Å². The number of hydrogen-bond acceptors (Lipinski definition) is 6. The summed E-state index contributed by atoms with van der Waals surface area (Å²) < 4.78 is 11.2. The van der Waals surface area contributed by atoms with Gasteiger partial charge in [-0.1, -0.05) is 0 Å². The van der Waals surface area contributed by atoms with Crippen LogP contribution in [0.25, 0.3) is 0 Å².